The highest BCUT2D eigenvalue weighted by Gasteiger charge is 2.31. The molecule has 5 nitrogen and oxygen atoms in total. The standard InChI is InChI=1S/C15H28N4O/c1-5-6-16-14(15-17-7-8-18(15)4)13-11-19(12(2)3)9-10-20-13/h7-8,12-14,16H,5-6,9-11H2,1-4H3. The van der Waals surface area contributed by atoms with Crippen molar-refractivity contribution >= 4 is 0 Å². The molecule has 0 aliphatic carbocycles. The van der Waals surface area contributed by atoms with Gasteiger partial charge in [0.1, 0.15) is 5.82 Å². The molecule has 2 heterocycles. The van der Waals surface area contributed by atoms with E-state index in [1.807, 2.05) is 19.4 Å². The second-order valence-corrected chi connectivity index (χ2v) is 5.83. The fraction of sp³-hybridized carbons (Fsp3) is 0.800. The molecule has 0 aromatic carbocycles. The fourth-order valence-corrected chi connectivity index (χ4v) is 2.73. The maximum atomic E-state index is 6.04. The molecule has 5 heteroatoms. The van der Waals surface area contributed by atoms with Crippen LogP contribution in [0.3, 0.4) is 0 Å². The van der Waals surface area contributed by atoms with Crippen LogP contribution in [-0.2, 0) is 11.8 Å². The van der Waals surface area contributed by atoms with Crippen LogP contribution in [0.4, 0.5) is 0 Å². The van der Waals surface area contributed by atoms with Crippen LogP contribution in [-0.4, -0.2) is 52.8 Å². The molecule has 2 atom stereocenters. The molecule has 1 aromatic heterocycles. The summed E-state index contributed by atoms with van der Waals surface area (Å²) in [4.78, 5) is 7.00. The Kier molecular flexibility index (Phi) is 5.57. The minimum absolute atomic E-state index is 0.163. The third kappa shape index (κ3) is 3.59. The largest absolute Gasteiger partial charge is 0.373 e. The molecule has 1 aliphatic heterocycles. The van der Waals surface area contributed by atoms with Crippen molar-refractivity contribution < 1.29 is 4.74 Å². The number of morpholine rings is 1. The van der Waals surface area contributed by atoms with E-state index in [9.17, 15) is 0 Å². The molecule has 0 spiro atoms. The number of nitrogens with one attached hydrogen (secondary N) is 1. The predicted molar refractivity (Wildman–Crippen MR) is 80.7 cm³/mol. The van der Waals surface area contributed by atoms with Gasteiger partial charge in [-0.3, -0.25) is 4.90 Å². The van der Waals surface area contributed by atoms with Gasteiger partial charge in [-0.2, -0.15) is 0 Å². The monoisotopic (exact) mass is 280 g/mol. The summed E-state index contributed by atoms with van der Waals surface area (Å²) in [6, 6.07) is 0.728. The van der Waals surface area contributed by atoms with Crippen molar-refractivity contribution in [2.75, 3.05) is 26.2 Å². The zero-order valence-electron chi connectivity index (χ0n) is 13.2. The van der Waals surface area contributed by atoms with Crippen molar-refractivity contribution in [1.29, 1.82) is 0 Å². The first-order valence-electron chi connectivity index (χ1n) is 7.69. The molecule has 0 saturated carbocycles. The molecular formula is C15H28N4O. The predicted octanol–water partition coefficient (Wildman–Crippen LogP) is 1.57. The number of ether oxygens (including phenoxy) is 1. The van der Waals surface area contributed by atoms with E-state index >= 15 is 0 Å². The van der Waals surface area contributed by atoms with Crippen molar-refractivity contribution in [1.82, 2.24) is 19.8 Å². The average molecular weight is 280 g/mol. The van der Waals surface area contributed by atoms with Crippen LogP contribution in [0.1, 0.15) is 39.1 Å². The Hall–Kier alpha value is -0.910. The summed E-state index contributed by atoms with van der Waals surface area (Å²) in [5, 5.41) is 3.61. The number of imidazole rings is 1. The summed E-state index contributed by atoms with van der Waals surface area (Å²) in [5.41, 5.74) is 0. The Morgan fingerprint density at radius 1 is 1.50 bits per heavy atom. The Morgan fingerprint density at radius 2 is 2.30 bits per heavy atom. The second kappa shape index (κ2) is 7.20. The number of aryl methyl sites for hydroxylation is 1. The van der Waals surface area contributed by atoms with Crippen LogP contribution < -0.4 is 5.32 Å². The number of hydrogen-bond acceptors (Lipinski definition) is 4. The Labute approximate surface area is 122 Å². The Morgan fingerprint density at radius 3 is 2.90 bits per heavy atom. The van der Waals surface area contributed by atoms with Crippen molar-refractivity contribution in [3.8, 4) is 0 Å². The van der Waals surface area contributed by atoms with E-state index in [-0.39, 0.29) is 12.1 Å². The van der Waals surface area contributed by atoms with Gasteiger partial charge >= 0.3 is 0 Å². The number of rotatable bonds is 6. The number of aromatic nitrogens is 2. The first-order valence-corrected chi connectivity index (χ1v) is 7.69. The van der Waals surface area contributed by atoms with E-state index in [1.54, 1.807) is 0 Å². The first kappa shape index (κ1) is 15.5. The molecule has 1 aliphatic rings. The summed E-state index contributed by atoms with van der Waals surface area (Å²) in [7, 11) is 2.05. The van der Waals surface area contributed by atoms with Crippen LogP contribution in [0.2, 0.25) is 0 Å². The fourth-order valence-electron chi connectivity index (χ4n) is 2.73. The van der Waals surface area contributed by atoms with Gasteiger partial charge in [-0.15, -0.1) is 0 Å². The van der Waals surface area contributed by atoms with Gasteiger partial charge in [0.25, 0.3) is 0 Å². The number of hydrogen-bond donors (Lipinski definition) is 1. The molecule has 0 amide bonds. The van der Waals surface area contributed by atoms with Gasteiger partial charge in [0, 0.05) is 38.6 Å². The number of nitrogens with zero attached hydrogens (tertiary/aromatic N) is 3. The molecule has 1 aromatic rings. The van der Waals surface area contributed by atoms with E-state index in [2.05, 4.69) is 40.5 Å². The molecule has 1 N–H and O–H groups in total. The van der Waals surface area contributed by atoms with Crippen molar-refractivity contribution in [3.05, 3.63) is 18.2 Å². The van der Waals surface area contributed by atoms with Crippen molar-refractivity contribution in [2.24, 2.45) is 7.05 Å². The lowest BCUT2D eigenvalue weighted by atomic mass is 10.1. The lowest BCUT2D eigenvalue weighted by Crippen LogP contribution is -2.50. The van der Waals surface area contributed by atoms with Crippen molar-refractivity contribution in [3.63, 3.8) is 0 Å². The van der Waals surface area contributed by atoms with Gasteiger partial charge in [-0.05, 0) is 26.8 Å². The zero-order valence-corrected chi connectivity index (χ0v) is 13.2. The summed E-state index contributed by atoms with van der Waals surface area (Å²) < 4.78 is 8.13. The molecule has 114 valence electrons. The maximum Gasteiger partial charge on any atom is 0.128 e. The third-order valence-electron chi connectivity index (χ3n) is 3.98. The molecular weight excluding hydrogens is 252 g/mol. The minimum atomic E-state index is 0.163. The van der Waals surface area contributed by atoms with Gasteiger partial charge in [0.15, 0.2) is 0 Å². The first-order chi connectivity index (χ1) is 9.63. The molecule has 1 fully saturated rings. The lowest BCUT2D eigenvalue weighted by molar-refractivity contribution is -0.0577. The van der Waals surface area contributed by atoms with E-state index < -0.39 is 0 Å². The van der Waals surface area contributed by atoms with Crippen LogP contribution in [0.5, 0.6) is 0 Å². The molecule has 2 unspecified atom stereocenters. The van der Waals surface area contributed by atoms with Gasteiger partial charge in [0.05, 0.1) is 18.8 Å². The summed E-state index contributed by atoms with van der Waals surface area (Å²) in [6.07, 6.45) is 5.14. The van der Waals surface area contributed by atoms with Crippen molar-refractivity contribution in [2.45, 2.75) is 45.4 Å². The van der Waals surface area contributed by atoms with Gasteiger partial charge in [-0.25, -0.2) is 4.98 Å². The van der Waals surface area contributed by atoms with Crippen LogP contribution in [0.15, 0.2) is 12.4 Å². The molecule has 20 heavy (non-hydrogen) atoms. The molecule has 1 saturated heterocycles. The van der Waals surface area contributed by atoms with E-state index in [1.165, 1.54) is 0 Å². The quantitative estimate of drug-likeness (QED) is 0.859. The van der Waals surface area contributed by atoms with E-state index in [4.69, 9.17) is 4.74 Å². The van der Waals surface area contributed by atoms with Gasteiger partial charge in [-0.1, -0.05) is 6.92 Å². The minimum Gasteiger partial charge on any atom is -0.373 e. The Bertz CT molecular complexity index is 404. The molecule has 0 radical (unpaired) electrons. The second-order valence-electron chi connectivity index (χ2n) is 5.83. The topological polar surface area (TPSA) is 42.3 Å². The highest BCUT2D eigenvalue weighted by atomic mass is 16.5. The van der Waals surface area contributed by atoms with E-state index in [0.29, 0.717) is 6.04 Å². The smallest absolute Gasteiger partial charge is 0.128 e. The summed E-state index contributed by atoms with van der Waals surface area (Å²) in [6.45, 7) is 10.5. The zero-order chi connectivity index (χ0) is 14.5. The normalized spacial score (nSPS) is 22.4. The lowest BCUT2D eigenvalue weighted by Gasteiger charge is -2.39. The summed E-state index contributed by atoms with van der Waals surface area (Å²) >= 11 is 0. The summed E-state index contributed by atoms with van der Waals surface area (Å²) in [5.74, 6) is 1.06. The van der Waals surface area contributed by atoms with E-state index in [0.717, 1.165) is 38.5 Å². The van der Waals surface area contributed by atoms with Gasteiger partial charge in [0.2, 0.25) is 0 Å². The van der Waals surface area contributed by atoms with Crippen LogP contribution in [0.25, 0.3) is 0 Å². The third-order valence-corrected chi connectivity index (χ3v) is 3.98. The molecule has 2 rings (SSSR count). The van der Waals surface area contributed by atoms with Crippen LogP contribution in [0, 0.1) is 0 Å². The van der Waals surface area contributed by atoms with Gasteiger partial charge < -0.3 is 14.6 Å². The highest BCUT2D eigenvalue weighted by molar-refractivity contribution is 5.03. The van der Waals surface area contributed by atoms with Crippen LogP contribution >= 0.6 is 0 Å². The maximum absolute atomic E-state index is 6.04. The molecule has 0 bridgehead atoms. The average Bonchev–Trinajstić information content (AvgIpc) is 2.86. The Balaban J connectivity index is 2.12. The SMILES string of the molecule is CCCNC(c1nccn1C)C1CN(C(C)C)CCO1. The highest BCUT2D eigenvalue weighted by Crippen LogP contribution is 2.22.